The number of aryl methyl sites for hydroxylation is 1. The summed E-state index contributed by atoms with van der Waals surface area (Å²) in [5, 5.41) is 10.3. The molecule has 1 aromatic carbocycles. The molecule has 4 aromatic rings. The number of methoxy groups -OCH3 is 1. The average Bonchev–Trinajstić information content (AvgIpc) is 3.74. The lowest BCUT2D eigenvalue weighted by Crippen LogP contribution is -2.52. The quantitative estimate of drug-likeness (QED) is 0.261. The number of aromatic nitrogens is 3. The van der Waals surface area contributed by atoms with Crippen molar-refractivity contribution in [2.45, 2.75) is 77.7 Å². The minimum Gasteiger partial charge on any atom is -0.496 e. The Morgan fingerprint density at radius 1 is 1.19 bits per heavy atom. The molecular weight excluding hydrogens is 570 g/mol. The second-order valence-corrected chi connectivity index (χ2v) is 13.5. The summed E-state index contributed by atoms with van der Waals surface area (Å²) >= 11 is 1.23. The summed E-state index contributed by atoms with van der Waals surface area (Å²) in [6.07, 6.45) is 6.71. The first-order valence-electron chi connectivity index (χ1n) is 14.7. The maximum Gasteiger partial charge on any atom is 0.333 e. The molecule has 2 aliphatic rings. The Morgan fingerprint density at radius 2 is 1.88 bits per heavy atom. The standard InChI is InChI=1S/C32H37N3O7S/c1-17-12-19-14-21(15-20(19)13-17)42-24(22-8-6-7-9-23(22)40-5)16-34-29-25(18(2)26(43-29)27-33-10-11-41-27)28(36)35(31(34)39)32(3,4)30(37)38/h6-11,17,19-21,24H,12-16H2,1-5H3,(H,37,38)/t17?,19-,20+,21?,24?. The van der Waals surface area contributed by atoms with Gasteiger partial charge in [0, 0.05) is 5.56 Å². The van der Waals surface area contributed by atoms with Gasteiger partial charge in [0.2, 0.25) is 5.89 Å². The number of carboxylic acid groups (broad SMARTS) is 1. The Morgan fingerprint density at radius 3 is 2.51 bits per heavy atom. The smallest absolute Gasteiger partial charge is 0.333 e. The summed E-state index contributed by atoms with van der Waals surface area (Å²) < 4.78 is 20.5. The lowest BCUT2D eigenvalue weighted by molar-refractivity contribution is -0.146. The van der Waals surface area contributed by atoms with E-state index in [2.05, 4.69) is 11.9 Å². The Labute approximate surface area is 252 Å². The highest BCUT2D eigenvalue weighted by molar-refractivity contribution is 7.22. The van der Waals surface area contributed by atoms with Crippen LogP contribution >= 0.6 is 11.3 Å². The first-order valence-corrected chi connectivity index (χ1v) is 15.5. The molecule has 11 heteroatoms. The molecule has 2 saturated carbocycles. The average molecular weight is 608 g/mol. The van der Waals surface area contributed by atoms with Crippen molar-refractivity contribution in [3.8, 4) is 16.5 Å². The van der Waals surface area contributed by atoms with Gasteiger partial charge in [-0.1, -0.05) is 25.1 Å². The molecule has 0 saturated heterocycles. The molecule has 0 aliphatic heterocycles. The molecule has 43 heavy (non-hydrogen) atoms. The van der Waals surface area contributed by atoms with E-state index in [1.807, 2.05) is 24.3 Å². The van der Waals surface area contributed by atoms with E-state index in [1.165, 1.54) is 55.1 Å². The fraction of sp³-hybridized carbons (Fsp3) is 0.500. The van der Waals surface area contributed by atoms with Crippen molar-refractivity contribution in [2.75, 3.05) is 7.11 Å². The Kier molecular flexibility index (Phi) is 7.58. The van der Waals surface area contributed by atoms with E-state index in [1.54, 1.807) is 14.0 Å². The molecule has 2 aliphatic carbocycles. The van der Waals surface area contributed by atoms with Crippen LogP contribution in [0.15, 0.2) is 50.7 Å². The van der Waals surface area contributed by atoms with Crippen LogP contribution in [0.5, 0.6) is 5.75 Å². The normalized spacial score (nSPS) is 22.6. The maximum atomic E-state index is 14.3. The molecular formula is C32H37N3O7S. The van der Waals surface area contributed by atoms with Gasteiger partial charge in [-0.15, -0.1) is 11.3 Å². The van der Waals surface area contributed by atoms with Gasteiger partial charge in [0.25, 0.3) is 5.56 Å². The predicted octanol–water partition coefficient (Wildman–Crippen LogP) is 5.60. The zero-order chi connectivity index (χ0) is 30.6. The molecule has 1 N–H and O–H groups in total. The molecule has 0 bridgehead atoms. The number of aliphatic carboxylic acids is 1. The van der Waals surface area contributed by atoms with Gasteiger partial charge in [0.15, 0.2) is 0 Å². The number of carboxylic acids is 1. The monoisotopic (exact) mass is 607 g/mol. The fourth-order valence-electron chi connectivity index (χ4n) is 7.16. The summed E-state index contributed by atoms with van der Waals surface area (Å²) in [7, 11) is 1.60. The summed E-state index contributed by atoms with van der Waals surface area (Å²) in [4.78, 5) is 45.8. The van der Waals surface area contributed by atoms with Crippen molar-refractivity contribution in [3.05, 3.63) is 68.7 Å². The van der Waals surface area contributed by atoms with Crippen LogP contribution < -0.4 is 16.0 Å². The topological polar surface area (TPSA) is 126 Å². The van der Waals surface area contributed by atoms with E-state index in [0.29, 0.717) is 38.7 Å². The van der Waals surface area contributed by atoms with Gasteiger partial charge in [-0.05, 0) is 75.8 Å². The van der Waals surface area contributed by atoms with Crippen LogP contribution in [0.1, 0.15) is 63.7 Å². The highest BCUT2D eigenvalue weighted by atomic mass is 32.1. The molecule has 3 unspecified atom stereocenters. The number of hydrogen-bond donors (Lipinski definition) is 1. The van der Waals surface area contributed by atoms with Crippen LogP contribution in [0, 0.1) is 24.7 Å². The number of para-hydroxylation sites is 1. The number of fused-ring (bicyclic) bond motifs is 2. The van der Waals surface area contributed by atoms with Crippen molar-refractivity contribution < 1.29 is 23.8 Å². The predicted molar refractivity (Wildman–Crippen MR) is 163 cm³/mol. The Balaban J connectivity index is 1.52. The van der Waals surface area contributed by atoms with Gasteiger partial charge < -0.3 is 19.0 Å². The van der Waals surface area contributed by atoms with Crippen LogP contribution in [-0.2, 0) is 21.6 Å². The van der Waals surface area contributed by atoms with Gasteiger partial charge in [-0.3, -0.25) is 9.36 Å². The molecule has 6 rings (SSSR count). The molecule has 2 fully saturated rings. The molecule has 3 heterocycles. The van der Waals surface area contributed by atoms with Crippen molar-refractivity contribution in [1.82, 2.24) is 14.1 Å². The number of ether oxygens (including phenoxy) is 2. The number of hydrogen-bond acceptors (Lipinski definition) is 8. The largest absolute Gasteiger partial charge is 0.496 e. The van der Waals surface area contributed by atoms with Crippen LogP contribution in [0.4, 0.5) is 0 Å². The van der Waals surface area contributed by atoms with Crippen LogP contribution in [0.3, 0.4) is 0 Å². The van der Waals surface area contributed by atoms with Gasteiger partial charge in [0.1, 0.15) is 28.5 Å². The number of oxazole rings is 1. The lowest BCUT2D eigenvalue weighted by Gasteiger charge is -2.27. The third kappa shape index (κ3) is 5.02. The van der Waals surface area contributed by atoms with E-state index >= 15 is 0 Å². The highest BCUT2D eigenvalue weighted by Crippen LogP contribution is 2.49. The minimum absolute atomic E-state index is 0.0120. The first kappa shape index (κ1) is 29.4. The molecule has 5 atom stereocenters. The minimum atomic E-state index is -1.80. The first-order chi connectivity index (χ1) is 20.5. The number of rotatable bonds is 9. The third-order valence-electron chi connectivity index (χ3n) is 9.32. The lowest BCUT2D eigenvalue weighted by atomic mass is 10.0. The summed E-state index contributed by atoms with van der Waals surface area (Å²) in [5.74, 6) is 1.66. The second kappa shape index (κ2) is 11.1. The van der Waals surface area contributed by atoms with Crippen LogP contribution in [0.2, 0.25) is 0 Å². The third-order valence-corrected chi connectivity index (χ3v) is 10.6. The fourth-order valence-corrected chi connectivity index (χ4v) is 8.40. The Hall–Kier alpha value is -3.70. The summed E-state index contributed by atoms with van der Waals surface area (Å²) in [6.45, 7) is 6.85. The molecule has 10 nitrogen and oxygen atoms in total. The van der Waals surface area contributed by atoms with Gasteiger partial charge >= 0.3 is 11.7 Å². The molecule has 228 valence electrons. The van der Waals surface area contributed by atoms with E-state index in [9.17, 15) is 19.5 Å². The zero-order valence-electron chi connectivity index (χ0n) is 25.0. The van der Waals surface area contributed by atoms with E-state index < -0.39 is 28.9 Å². The van der Waals surface area contributed by atoms with E-state index in [0.717, 1.165) is 28.9 Å². The zero-order valence-corrected chi connectivity index (χ0v) is 25.8. The van der Waals surface area contributed by atoms with E-state index in [4.69, 9.17) is 13.9 Å². The van der Waals surface area contributed by atoms with Crippen molar-refractivity contribution in [1.29, 1.82) is 0 Å². The van der Waals surface area contributed by atoms with Crippen molar-refractivity contribution >= 4 is 27.5 Å². The highest BCUT2D eigenvalue weighted by Gasteiger charge is 2.42. The number of nitrogens with zero attached hydrogens (tertiary/aromatic N) is 3. The van der Waals surface area contributed by atoms with Crippen LogP contribution in [0.25, 0.3) is 21.0 Å². The van der Waals surface area contributed by atoms with Crippen LogP contribution in [-0.4, -0.2) is 38.4 Å². The number of carbonyl (C=O) groups is 1. The summed E-state index contributed by atoms with van der Waals surface area (Å²) in [5.41, 5.74) is -1.83. The van der Waals surface area contributed by atoms with Crippen molar-refractivity contribution in [3.63, 3.8) is 0 Å². The molecule has 3 aromatic heterocycles. The molecule has 0 spiro atoms. The van der Waals surface area contributed by atoms with E-state index in [-0.39, 0.29) is 18.0 Å². The second-order valence-electron chi connectivity index (χ2n) is 12.5. The Bertz CT molecular complexity index is 1770. The number of benzene rings is 1. The van der Waals surface area contributed by atoms with Gasteiger partial charge in [0.05, 0.1) is 36.2 Å². The number of thiophene rings is 1. The SMILES string of the molecule is COc1ccccc1C(Cn1c(=O)n(C(C)(C)C(=O)O)c(=O)c2c(C)c(-c3ncco3)sc21)OC1C[C@H]2CC(C)C[C@H]2C1. The molecule has 0 radical (unpaired) electrons. The van der Waals surface area contributed by atoms with Gasteiger partial charge in [-0.25, -0.2) is 19.1 Å². The van der Waals surface area contributed by atoms with Crippen molar-refractivity contribution in [2.24, 2.45) is 17.8 Å². The van der Waals surface area contributed by atoms with Gasteiger partial charge in [-0.2, -0.15) is 0 Å². The molecule has 0 amide bonds. The maximum absolute atomic E-state index is 14.3. The summed E-state index contributed by atoms with van der Waals surface area (Å²) in [6, 6.07) is 7.58.